The van der Waals surface area contributed by atoms with Crippen molar-refractivity contribution in [3.05, 3.63) is 59.9 Å². The van der Waals surface area contributed by atoms with Crippen molar-refractivity contribution in [1.82, 2.24) is 10.3 Å². The third-order valence-corrected chi connectivity index (χ3v) is 3.51. The molecule has 1 heterocycles. The maximum Gasteiger partial charge on any atom is 0.319 e. The summed E-state index contributed by atoms with van der Waals surface area (Å²) in [5.74, 6) is -0.259. The molecule has 25 heavy (non-hydrogen) atoms. The Balaban J connectivity index is 1.80. The maximum atomic E-state index is 12.0. The van der Waals surface area contributed by atoms with Gasteiger partial charge in [0, 0.05) is 24.1 Å². The van der Waals surface area contributed by atoms with E-state index >= 15 is 0 Å². The molecule has 0 fully saturated rings. The average Bonchev–Trinajstić information content (AvgIpc) is 2.57. The molecule has 0 aliphatic carbocycles. The van der Waals surface area contributed by atoms with E-state index in [9.17, 15) is 9.59 Å². The van der Waals surface area contributed by atoms with Gasteiger partial charge < -0.3 is 15.4 Å². The van der Waals surface area contributed by atoms with Crippen molar-refractivity contribution >= 4 is 17.7 Å². The molecule has 0 aliphatic heterocycles. The van der Waals surface area contributed by atoms with Gasteiger partial charge in [-0.15, -0.1) is 0 Å². The molecule has 2 aromatic rings. The number of hydrogen-bond donors (Lipinski definition) is 2. The third kappa shape index (κ3) is 6.63. The molecule has 132 valence electrons. The number of aromatic nitrogens is 1. The SMILES string of the molecule is CCOC(=O)Cc1ccc(NC(=O)N[C@@H](C)Cc2cccnc2)cc1. The van der Waals surface area contributed by atoms with E-state index in [1.54, 1.807) is 43.6 Å². The second kappa shape index (κ2) is 9.42. The minimum absolute atomic E-state index is 0.0210. The fourth-order valence-corrected chi connectivity index (χ4v) is 2.40. The second-order valence-corrected chi connectivity index (χ2v) is 5.74. The van der Waals surface area contributed by atoms with Crippen LogP contribution in [0.3, 0.4) is 0 Å². The smallest absolute Gasteiger partial charge is 0.319 e. The van der Waals surface area contributed by atoms with Crippen LogP contribution in [0.5, 0.6) is 0 Å². The number of urea groups is 1. The summed E-state index contributed by atoms with van der Waals surface area (Å²) >= 11 is 0. The number of carbonyl (C=O) groups is 2. The fraction of sp³-hybridized carbons (Fsp3) is 0.316. The summed E-state index contributed by atoms with van der Waals surface area (Å²) in [7, 11) is 0. The van der Waals surface area contributed by atoms with Crippen LogP contribution in [0, 0.1) is 0 Å². The number of benzene rings is 1. The summed E-state index contributed by atoms with van der Waals surface area (Å²) < 4.78 is 4.91. The topological polar surface area (TPSA) is 80.3 Å². The van der Waals surface area contributed by atoms with Gasteiger partial charge in [-0.05, 0) is 49.6 Å². The number of rotatable bonds is 7. The van der Waals surface area contributed by atoms with Crippen LogP contribution in [0.15, 0.2) is 48.8 Å². The van der Waals surface area contributed by atoms with Gasteiger partial charge in [0.2, 0.25) is 0 Å². The van der Waals surface area contributed by atoms with E-state index in [0.717, 1.165) is 11.1 Å². The van der Waals surface area contributed by atoms with Crippen molar-refractivity contribution in [3.8, 4) is 0 Å². The number of hydrogen-bond acceptors (Lipinski definition) is 4. The van der Waals surface area contributed by atoms with E-state index in [2.05, 4.69) is 15.6 Å². The minimum atomic E-state index is -0.269. The van der Waals surface area contributed by atoms with Crippen LogP contribution in [0.1, 0.15) is 25.0 Å². The quantitative estimate of drug-likeness (QED) is 0.759. The highest BCUT2D eigenvalue weighted by atomic mass is 16.5. The number of ether oxygens (including phenoxy) is 1. The Morgan fingerprint density at radius 1 is 1.16 bits per heavy atom. The zero-order chi connectivity index (χ0) is 18.1. The molecule has 6 nitrogen and oxygen atoms in total. The minimum Gasteiger partial charge on any atom is -0.466 e. The highest BCUT2D eigenvalue weighted by Crippen LogP contribution is 2.11. The Kier molecular flexibility index (Phi) is 6.95. The van der Waals surface area contributed by atoms with E-state index in [1.165, 1.54) is 0 Å². The van der Waals surface area contributed by atoms with Crippen molar-refractivity contribution in [1.29, 1.82) is 0 Å². The molecule has 0 saturated heterocycles. The zero-order valence-electron chi connectivity index (χ0n) is 14.5. The van der Waals surface area contributed by atoms with E-state index in [-0.39, 0.29) is 24.5 Å². The number of amides is 2. The van der Waals surface area contributed by atoms with E-state index in [4.69, 9.17) is 4.74 Å². The summed E-state index contributed by atoms with van der Waals surface area (Å²) in [6, 6.07) is 10.7. The van der Waals surface area contributed by atoms with Gasteiger partial charge >= 0.3 is 12.0 Å². The lowest BCUT2D eigenvalue weighted by molar-refractivity contribution is -0.142. The predicted octanol–water partition coefficient (Wildman–Crippen LogP) is 2.94. The van der Waals surface area contributed by atoms with Gasteiger partial charge in [0.15, 0.2) is 0 Å². The Morgan fingerprint density at radius 3 is 2.56 bits per heavy atom. The predicted molar refractivity (Wildman–Crippen MR) is 96.3 cm³/mol. The summed E-state index contributed by atoms with van der Waals surface area (Å²) in [5.41, 5.74) is 2.58. The van der Waals surface area contributed by atoms with Crippen LogP contribution in [0.2, 0.25) is 0 Å². The molecule has 6 heteroatoms. The Morgan fingerprint density at radius 2 is 1.92 bits per heavy atom. The highest BCUT2D eigenvalue weighted by Gasteiger charge is 2.09. The summed E-state index contributed by atoms with van der Waals surface area (Å²) in [4.78, 5) is 27.6. The van der Waals surface area contributed by atoms with Gasteiger partial charge in [0.1, 0.15) is 0 Å². The first-order chi connectivity index (χ1) is 12.1. The second-order valence-electron chi connectivity index (χ2n) is 5.74. The lowest BCUT2D eigenvalue weighted by atomic mass is 10.1. The van der Waals surface area contributed by atoms with Gasteiger partial charge in [0.05, 0.1) is 13.0 Å². The van der Waals surface area contributed by atoms with Crippen molar-refractivity contribution in [2.45, 2.75) is 32.7 Å². The molecule has 0 unspecified atom stereocenters. The van der Waals surface area contributed by atoms with Crippen LogP contribution >= 0.6 is 0 Å². The van der Waals surface area contributed by atoms with Crippen LogP contribution in [-0.2, 0) is 22.4 Å². The van der Waals surface area contributed by atoms with E-state index in [1.807, 2.05) is 19.1 Å². The number of nitrogens with one attached hydrogen (secondary N) is 2. The standard InChI is InChI=1S/C19H23N3O3/c1-3-25-18(23)12-15-6-8-17(9-7-15)22-19(24)21-14(2)11-16-5-4-10-20-13-16/h4-10,13-14H,3,11-12H2,1-2H3,(H2,21,22,24)/t14-/m0/s1. The monoisotopic (exact) mass is 341 g/mol. The first-order valence-electron chi connectivity index (χ1n) is 8.27. The van der Waals surface area contributed by atoms with Crippen molar-refractivity contribution in [2.75, 3.05) is 11.9 Å². The number of nitrogens with zero attached hydrogens (tertiary/aromatic N) is 1. The largest absolute Gasteiger partial charge is 0.466 e. The first-order valence-corrected chi connectivity index (χ1v) is 8.27. The normalized spacial score (nSPS) is 11.4. The molecular weight excluding hydrogens is 318 g/mol. The van der Waals surface area contributed by atoms with Crippen molar-refractivity contribution in [3.63, 3.8) is 0 Å². The number of carbonyl (C=O) groups excluding carboxylic acids is 2. The van der Waals surface area contributed by atoms with Gasteiger partial charge in [0.25, 0.3) is 0 Å². The number of esters is 1. The van der Waals surface area contributed by atoms with Crippen LogP contribution < -0.4 is 10.6 Å². The molecule has 0 bridgehead atoms. The Labute approximate surface area is 147 Å². The molecule has 2 amide bonds. The Bertz CT molecular complexity index is 687. The Hall–Kier alpha value is -2.89. The van der Waals surface area contributed by atoms with Crippen LogP contribution in [-0.4, -0.2) is 29.6 Å². The summed E-state index contributed by atoms with van der Waals surface area (Å²) in [6.07, 6.45) is 4.44. The van der Waals surface area contributed by atoms with Crippen molar-refractivity contribution in [2.24, 2.45) is 0 Å². The van der Waals surface area contributed by atoms with Gasteiger partial charge in [-0.25, -0.2) is 4.79 Å². The number of anilines is 1. The molecular formula is C19H23N3O3. The molecule has 0 saturated carbocycles. The molecule has 1 aromatic heterocycles. The van der Waals surface area contributed by atoms with E-state index < -0.39 is 0 Å². The van der Waals surface area contributed by atoms with Gasteiger partial charge in [-0.1, -0.05) is 18.2 Å². The van der Waals surface area contributed by atoms with Gasteiger partial charge in [-0.3, -0.25) is 9.78 Å². The molecule has 2 rings (SSSR count). The molecule has 1 atom stereocenters. The van der Waals surface area contributed by atoms with Crippen LogP contribution in [0.25, 0.3) is 0 Å². The average molecular weight is 341 g/mol. The molecule has 1 aromatic carbocycles. The van der Waals surface area contributed by atoms with Crippen molar-refractivity contribution < 1.29 is 14.3 Å². The third-order valence-electron chi connectivity index (χ3n) is 3.51. The highest BCUT2D eigenvalue weighted by molar-refractivity contribution is 5.89. The zero-order valence-corrected chi connectivity index (χ0v) is 14.5. The first kappa shape index (κ1) is 18.4. The lowest BCUT2D eigenvalue weighted by Crippen LogP contribution is -2.37. The summed E-state index contributed by atoms with van der Waals surface area (Å²) in [6.45, 7) is 4.09. The van der Waals surface area contributed by atoms with E-state index in [0.29, 0.717) is 18.7 Å². The summed E-state index contributed by atoms with van der Waals surface area (Å²) in [5, 5.41) is 5.67. The maximum absolute atomic E-state index is 12.0. The molecule has 0 radical (unpaired) electrons. The fourth-order valence-electron chi connectivity index (χ4n) is 2.40. The van der Waals surface area contributed by atoms with Crippen LogP contribution in [0.4, 0.5) is 10.5 Å². The molecule has 0 aliphatic rings. The molecule has 2 N–H and O–H groups in total. The molecule has 0 spiro atoms. The number of pyridine rings is 1. The lowest BCUT2D eigenvalue weighted by Gasteiger charge is -2.14. The van der Waals surface area contributed by atoms with Gasteiger partial charge in [-0.2, -0.15) is 0 Å².